The van der Waals surface area contributed by atoms with Crippen molar-refractivity contribution in [2.45, 2.75) is 26.2 Å². The molecule has 1 aliphatic rings. The minimum Gasteiger partial charge on any atom is -0.481 e. The van der Waals surface area contributed by atoms with Crippen LogP contribution in [0.5, 0.6) is 0 Å². The molecule has 0 saturated carbocycles. The summed E-state index contributed by atoms with van der Waals surface area (Å²) in [5.74, 6) is -1.64. The summed E-state index contributed by atoms with van der Waals surface area (Å²) < 4.78 is 0. The first kappa shape index (κ1) is 11.8. The number of allylic oxidation sites excluding steroid dienone is 2. The Bertz CT molecular complexity index is 282. The van der Waals surface area contributed by atoms with Crippen molar-refractivity contribution >= 4 is 11.9 Å². The highest BCUT2D eigenvalue weighted by Gasteiger charge is 2.30. The van der Waals surface area contributed by atoms with Gasteiger partial charge in [-0.25, -0.2) is 0 Å². The second-order valence-corrected chi connectivity index (χ2v) is 4.14. The molecule has 0 radical (unpaired) electrons. The molecule has 1 rings (SSSR count). The molecule has 0 aliphatic heterocycles. The zero-order valence-corrected chi connectivity index (χ0v) is 8.72. The third kappa shape index (κ3) is 3.38. The minimum atomic E-state index is -0.850. The molecule has 0 saturated heterocycles. The number of carboxylic acid groups (broad SMARTS) is 2. The highest BCUT2D eigenvalue weighted by Crippen LogP contribution is 2.34. The monoisotopic (exact) mass is 212 g/mol. The molecule has 4 heteroatoms. The van der Waals surface area contributed by atoms with E-state index in [0.29, 0.717) is 6.42 Å². The van der Waals surface area contributed by atoms with Crippen molar-refractivity contribution in [3.05, 3.63) is 12.2 Å². The maximum atomic E-state index is 10.7. The van der Waals surface area contributed by atoms with Gasteiger partial charge in [-0.15, -0.1) is 0 Å². The molecule has 0 spiro atoms. The Morgan fingerprint density at radius 3 is 2.40 bits per heavy atom. The topological polar surface area (TPSA) is 74.6 Å². The zero-order chi connectivity index (χ0) is 11.4. The summed E-state index contributed by atoms with van der Waals surface area (Å²) in [6.45, 7) is 1.94. The SMILES string of the molecule is CC1C=CCC(CC(=O)O)C1CC(=O)O. The molecule has 3 unspecified atom stereocenters. The fourth-order valence-corrected chi connectivity index (χ4v) is 2.23. The lowest BCUT2D eigenvalue weighted by atomic mass is 9.73. The van der Waals surface area contributed by atoms with Gasteiger partial charge in [-0.3, -0.25) is 9.59 Å². The van der Waals surface area contributed by atoms with Crippen molar-refractivity contribution < 1.29 is 19.8 Å². The second-order valence-electron chi connectivity index (χ2n) is 4.14. The normalized spacial score (nSPS) is 30.1. The fraction of sp³-hybridized carbons (Fsp3) is 0.636. The molecular formula is C11H16O4. The van der Waals surface area contributed by atoms with Crippen LogP contribution in [0, 0.1) is 17.8 Å². The molecule has 3 atom stereocenters. The van der Waals surface area contributed by atoms with Gasteiger partial charge in [0.25, 0.3) is 0 Å². The van der Waals surface area contributed by atoms with Gasteiger partial charge >= 0.3 is 11.9 Å². The molecule has 4 nitrogen and oxygen atoms in total. The lowest BCUT2D eigenvalue weighted by Gasteiger charge is -2.31. The van der Waals surface area contributed by atoms with E-state index in [-0.39, 0.29) is 30.6 Å². The van der Waals surface area contributed by atoms with E-state index in [9.17, 15) is 9.59 Å². The van der Waals surface area contributed by atoms with E-state index in [2.05, 4.69) is 0 Å². The van der Waals surface area contributed by atoms with Crippen LogP contribution in [0.15, 0.2) is 12.2 Å². The number of carboxylic acids is 2. The van der Waals surface area contributed by atoms with Crippen LogP contribution >= 0.6 is 0 Å². The Labute approximate surface area is 88.6 Å². The highest BCUT2D eigenvalue weighted by atomic mass is 16.4. The lowest BCUT2D eigenvalue weighted by Crippen LogP contribution is -2.28. The largest absolute Gasteiger partial charge is 0.481 e. The van der Waals surface area contributed by atoms with Crippen molar-refractivity contribution in [1.29, 1.82) is 0 Å². The Morgan fingerprint density at radius 2 is 1.87 bits per heavy atom. The summed E-state index contributed by atoms with van der Waals surface area (Å²) in [5.41, 5.74) is 0. The summed E-state index contributed by atoms with van der Waals surface area (Å²) in [6.07, 6.45) is 4.73. The van der Waals surface area contributed by atoms with Gasteiger partial charge in [-0.1, -0.05) is 19.1 Å². The number of aliphatic carboxylic acids is 2. The average molecular weight is 212 g/mol. The van der Waals surface area contributed by atoms with Crippen molar-refractivity contribution in [1.82, 2.24) is 0 Å². The van der Waals surface area contributed by atoms with E-state index >= 15 is 0 Å². The number of carbonyl (C=O) groups is 2. The molecule has 0 aromatic rings. The van der Waals surface area contributed by atoms with Crippen LogP contribution in [0.3, 0.4) is 0 Å². The van der Waals surface area contributed by atoms with E-state index < -0.39 is 11.9 Å². The zero-order valence-electron chi connectivity index (χ0n) is 8.72. The summed E-state index contributed by atoms with van der Waals surface area (Å²) in [6, 6.07) is 0. The van der Waals surface area contributed by atoms with Crippen LogP contribution in [0.1, 0.15) is 26.2 Å². The van der Waals surface area contributed by atoms with Gasteiger partial charge in [0, 0.05) is 12.8 Å². The first-order valence-corrected chi connectivity index (χ1v) is 5.11. The van der Waals surface area contributed by atoms with Crippen LogP contribution in [0.25, 0.3) is 0 Å². The fourth-order valence-electron chi connectivity index (χ4n) is 2.23. The average Bonchev–Trinajstić information content (AvgIpc) is 2.09. The van der Waals surface area contributed by atoms with Gasteiger partial charge < -0.3 is 10.2 Å². The molecule has 2 N–H and O–H groups in total. The molecule has 84 valence electrons. The Hall–Kier alpha value is -1.32. The predicted octanol–water partition coefficient (Wildman–Crippen LogP) is 1.76. The van der Waals surface area contributed by atoms with Crippen molar-refractivity contribution in [2.75, 3.05) is 0 Å². The smallest absolute Gasteiger partial charge is 0.303 e. The van der Waals surface area contributed by atoms with E-state index in [4.69, 9.17) is 10.2 Å². The van der Waals surface area contributed by atoms with Crippen LogP contribution in [0.2, 0.25) is 0 Å². The maximum Gasteiger partial charge on any atom is 0.303 e. The standard InChI is InChI=1S/C11H16O4/c1-7-3-2-4-8(5-10(12)13)9(7)6-11(14)15/h2-3,7-9H,4-6H2,1H3,(H,12,13)(H,14,15). The first-order valence-electron chi connectivity index (χ1n) is 5.11. The van der Waals surface area contributed by atoms with Crippen LogP contribution in [-0.2, 0) is 9.59 Å². The van der Waals surface area contributed by atoms with Gasteiger partial charge in [-0.2, -0.15) is 0 Å². The van der Waals surface area contributed by atoms with Gasteiger partial charge in [-0.05, 0) is 24.2 Å². The Morgan fingerprint density at radius 1 is 1.27 bits per heavy atom. The summed E-state index contributed by atoms with van der Waals surface area (Å²) in [7, 11) is 0. The molecule has 0 fully saturated rings. The van der Waals surface area contributed by atoms with E-state index in [1.54, 1.807) is 0 Å². The Kier molecular flexibility index (Phi) is 3.88. The number of hydrogen-bond donors (Lipinski definition) is 2. The van der Waals surface area contributed by atoms with E-state index in [1.807, 2.05) is 19.1 Å². The predicted molar refractivity (Wildman–Crippen MR) is 54.4 cm³/mol. The third-order valence-corrected chi connectivity index (χ3v) is 3.01. The molecule has 0 aromatic heterocycles. The van der Waals surface area contributed by atoms with Gasteiger partial charge in [0.15, 0.2) is 0 Å². The van der Waals surface area contributed by atoms with E-state index in [0.717, 1.165) is 0 Å². The molecule has 0 amide bonds. The number of hydrogen-bond acceptors (Lipinski definition) is 2. The molecule has 1 aliphatic carbocycles. The minimum absolute atomic E-state index is 0.0430. The Balaban J connectivity index is 2.70. The van der Waals surface area contributed by atoms with E-state index in [1.165, 1.54) is 0 Å². The first-order chi connectivity index (χ1) is 7.00. The van der Waals surface area contributed by atoms with Crippen LogP contribution < -0.4 is 0 Å². The quantitative estimate of drug-likeness (QED) is 0.696. The molecular weight excluding hydrogens is 196 g/mol. The van der Waals surface area contributed by atoms with Crippen molar-refractivity contribution in [2.24, 2.45) is 17.8 Å². The van der Waals surface area contributed by atoms with Crippen molar-refractivity contribution in [3.8, 4) is 0 Å². The lowest BCUT2D eigenvalue weighted by molar-refractivity contribution is -0.142. The van der Waals surface area contributed by atoms with Crippen LogP contribution in [-0.4, -0.2) is 22.2 Å². The molecule has 0 aromatic carbocycles. The molecule has 0 bridgehead atoms. The summed E-state index contributed by atoms with van der Waals surface area (Å²) in [5, 5.41) is 17.5. The van der Waals surface area contributed by atoms with Crippen molar-refractivity contribution in [3.63, 3.8) is 0 Å². The molecule has 15 heavy (non-hydrogen) atoms. The number of rotatable bonds is 4. The van der Waals surface area contributed by atoms with Gasteiger partial charge in [0.05, 0.1) is 0 Å². The third-order valence-electron chi connectivity index (χ3n) is 3.01. The highest BCUT2D eigenvalue weighted by molar-refractivity contribution is 5.69. The summed E-state index contributed by atoms with van der Waals surface area (Å²) in [4.78, 5) is 21.3. The second kappa shape index (κ2) is 4.96. The molecule has 0 heterocycles. The van der Waals surface area contributed by atoms with Crippen LogP contribution in [0.4, 0.5) is 0 Å². The van der Waals surface area contributed by atoms with Gasteiger partial charge in [0.2, 0.25) is 0 Å². The van der Waals surface area contributed by atoms with Gasteiger partial charge in [0.1, 0.15) is 0 Å². The summed E-state index contributed by atoms with van der Waals surface area (Å²) >= 11 is 0. The maximum absolute atomic E-state index is 10.7.